The van der Waals surface area contributed by atoms with Gasteiger partial charge in [0.05, 0.1) is 11.3 Å². The van der Waals surface area contributed by atoms with Crippen LogP contribution in [0.4, 0.5) is 0 Å². The van der Waals surface area contributed by atoms with Gasteiger partial charge in [-0.1, -0.05) is 40.2 Å². The third-order valence-electron chi connectivity index (χ3n) is 2.85. The maximum Gasteiger partial charge on any atom is 0.338 e. The highest BCUT2D eigenvalue weighted by atomic mass is 79.9. The molecule has 4 nitrogen and oxygen atoms in total. The van der Waals surface area contributed by atoms with Crippen molar-refractivity contribution in [3.8, 4) is 0 Å². The van der Waals surface area contributed by atoms with Crippen LogP contribution in [0.3, 0.4) is 0 Å². The summed E-state index contributed by atoms with van der Waals surface area (Å²) in [5.74, 6) is -0.574. The van der Waals surface area contributed by atoms with Gasteiger partial charge in [-0.05, 0) is 35.4 Å². The molecule has 6 heteroatoms. The molecule has 0 aliphatic rings. The predicted octanol–water partition coefficient (Wildman–Crippen LogP) is 3.35. The van der Waals surface area contributed by atoms with Crippen LogP contribution >= 0.6 is 15.9 Å². The smallest absolute Gasteiger partial charge is 0.338 e. The van der Waals surface area contributed by atoms with Gasteiger partial charge in [-0.3, -0.25) is 0 Å². The lowest BCUT2D eigenvalue weighted by Crippen LogP contribution is -2.07. The Hall–Kier alpha value is -1.66. The first kappa shape index (κ1) is 16.7. The van der Waals surface area contributed by atoms with E-state index in [0.29, 0.717) is 11.1 Å². The number of hydrogen-bond acceptors (Lipinski definition) is 4. The Labute approximate surface area is 138 Å². The van der Waals surface area contributed by atoms with Crippen molar-refractivity contribution in [2.45, 2.75) is 12.4 Å². The van der Waals surface area contributed by atoms with Crippen molar-refractivity contribution >= 4 is 31.7 Å². The molecule has 0 aliphatic carbocycles. The summed E-state index contributed by atoms with van der Waals surface area (Å²) in [4.78, 5) is 12.0. The molecule has 0 radical (unpaired) electrons. The quantitative estimate of drug-likeness (QED) is 0.743. The van der Waals surface area contributed by atoms with E-state index in [4.69, 9.17) is 4.74 Å². The number of hydrogen-bond donors (Lipinski definition) is 0. The lowest BCUT2D eigenvalue weighted by molar-refractivity contribution is 0.0472. The summed E-state index contributed by atoms with van der Waals surface area (Å²) < 4.78 is 28.8. The molecule has 0 bridgehead atoms. The summed E-state index contributed by atoms with van der Waals surface area (Å²) >= 11 is 3.35. The Morgan fingerprint density at radius 3 is 2.45 bits per heavy atom. The molecule has 0 saturated heterocycles. The van der Waals surface area contributed by atoms with Crippen molar-refractivity contribution in [3.63, 3.8) is 0 Å². The van der Waals surface area contributed by atoms with E-state index in [1.54, 1.807) is 24.3 Å². The Kier molecular flexibility index (Phi) is 5.37. The lowest BCUT2D eigenvalue weighted by atomic mass is 10.1. The number of rotatable bonds is 5. The van der Waals surface area contributed by atoms with Crippen LogP contribution in [0.1, 0.15) is 21.5 Å². The van der Waals surface area contributed by atoms with E-state index >= 15 is 0 Å². The standard InChI is InChI=1S/C16H15BrO4S/c1-22(19,20)11-13-5-2-6-14(8-13)16(18)21-10-12-4-3-7-15(17)9-12/h2-9H,10-11H2,1H3. The van der Waals surface area contributed by atoms with Gasteiger partial charge in [0.2, 0.25) is 0 Å². The third-order valence-corrected chi connectivity index (χ3v) is 4.20. The highest BCUT2D eigenvalue weighted by Crippen LogP contribution is 2.14. The van der Waals surface area contributed by atoms with Crippen molar-refractivity contribution in [2.75, 3.05) is 6.26 Å². The molecule has 0 spiro atoms. The monoisotopic (exact) mass is 382 g/mol. The molecule has 0 saturated carbocycles. The summed E-state index contributed by atoms with van der Waals surface area (Å²) in [6.45, 7) is 0.161. The highest BCUT2D eigenvalue weighted by Gasteiger charge is 2.10. The fourth-order valence-corrected chi connectivity index (χ4v) is 3.18. The van der Waals surface area contributed by atoms with Crippen LogP contribution in [0.5, 0.6) is 0 Å². The number of sulfone groups is 1. The lowest BCUT2D eigenvalue weighted by Gasteiger charge is -2.07. The largest absolute Gasteiger partial charge is 0.457 e. The van der Waals surface area contributed by atoms with Crippen molar-refractivity contribution in [1.82, 2.24) is 0 Å². The average molecular weight is 383 g/mol. The van der Waals surface area contributed by atoms with Crippen LogP contribution in [0.25, 0.3) is 0 Å². The summed E-state index contributed by atoms with van der Waals surface area (Å²) in [5, 5.41) is 0. The first-order chi connectivity index (χ1) is 10.3. The molecule has 2 aromatic rings. The van der Waals surface area contributed by atoms with Gasteiger partial charge in [0.15, 0.2) is 9.84 Å². The van der Waals surface area contributed by atoms with E-state index in [-0.39, 0.29) is 12.4 Å². The maximum absolute atomic E-state index is 12.0. The van der Waals surface area contributed by atoms with E-state index in [1.807, 2.05) is 24.3 Å². The number of ether oxygens (including phenoxy) is 1. The predicted molar refractivity (Wildman–Crippen MR) is 88.3 cm³/mol. The second-order valence-corrected chi connectivity index (χ2v) is 8.03. The Balaban J connectivity index is 2.05. The van der Waals surface area contributed by atoms with Crippen LogP contribution in [0, 0.1) is 0 Å². The highest BCUT2D eigenvalue weighted by molar-refractivity contribution is 9.10. The fraction of sp³-hybridized carbons (Fsp3) is 0.188. The zero-order chi connectivity index (χ0) is 16.2. The Morgan fingerprint density at radius 1 is 1.09 bits per heavy atom. The average Bonchev–Trinajstić information content (AvgIpc) is 2.43. The molecule has 0 fully saturated rings. The summed E-state index contributed by atoms with van der Waals surface area (Å²) in [5.41, 5.74) is 1.78. The van der Waals surface area contributed by atoms with E-state index in [2.05, 4.69) is 15.9 Å². The Morgan fingerprint density at radius 2 is 1.77 bits per heavy atom. The molecule has 0 amide bonds. The number of carbonyl (C=O) groups excluding carboxylic acids is 1. The van der Waals surface area contributed by atoms with Crippen molar-refractivity contribution in [1.29, 1.82) is 0 Å². The van der Waals surface area contributed by atoms with Gasteiger partial charge < -0.3 is 4.74 Å². The molecule has 2 aromatic carbocycles. The van der Waals surface area contributed by atoms with E-state index < -0.39 is 15.8 Å². The minimum atomic E-state index is -3.14. The molecule has 0 N–H and O–H groups in total. The van der Waals surface area contributed by atoms with Gasteiger partial charge in [-0.15, -0.1) is 0 Å². The molecule has 0 unspecified atom stereocenters. The van der Waals surface area contributed by atoms with Gasteiger partial charge >= 0.3 is 5.97 Å². The van der Waals surface area contributed by atoms with E-state index in [1.165, 1.54) is 0 Å². The van der Waals surface area contributed by atoms with Gasteiger partial charge in [-0.2, -0.15) is 0 Å². The minimum Gasteiger partial charge on any atom is -0.457 e. The normalized spacial score (nSPS) is 11.2. The molecular formula is C16H15BrO4S. The number of esters is 1. The minimum absolute atomic E-state index is 0.0975. The van der Waals surface area contributed by atoms with Crippen LogP contribution in [0.2, 0.25) is 0 Å². The SMILES string of the molecule is CS(=O)(=O)Cc1cccc(C(=O)OCc2cccc(Br)c2)c1. The Bertz CT molecular complexity index is 784. The summed E-state index contributed by atoms with van der Waals surface area (Å²) in [7, 11) is -3.14. The van der Waals surface area contributed by atoms with Crippen molar-refractivity contribution in [3.05, 3.63) is 69.7 Å². The maximum atomic E-state index is 12.0. The molecule has 0 atom stereocenters. The fourth-order valence-electron chi connectivity index (χ4n) is 1.95. The first-order valence-corrected chi connectivity index (χ1v) is 9.37. The molecular weight excluding hydrogens is 368 g/mol. The number of halogens is 1. The molecule has 0 aliphatic heterocycles. The second-order valence-electron chi connectivity index (χ2n) is 4.98. The molecule has 22 heavy (non-hydrogen) atoms. The van der Waals surface area contributed by atoms with Gasteiger partial charge in [0.1, 0.15) is 6.61 Å². The van der Waals surface area contributed by atoms with Crippen LogP contribution < -0.4 is 0 Å². The first-order valence-electron chi connectivity index (χ1n) is 6.52. The van der Waals surface area contributed by atoms with Crippen LogP contribution in [-0.4, -0.2) is 20.6 Å². The zero-order valence-corrected chi connectivity index (χ0v) is 14.4. The number of carbonyl (C=O) groups is 1. The van der Waals surface area contributed by atoms with Gasteiger partial charge in [0.25, 0.3) is 0 Å². The van der Waals surface area contributed by atoms with E-state index in [9.17, 15) is 13.2 Å². The second kappa shape index (κ2) is 7.07. The van der Waals surface area contributed by atoms with Gasteiger partial charge in [0, 0.05) is 10.7 Å². The third kappa shape index (κ3) is 5.27. The summed E-state index contributed by atoms with van der Waals surface area (Å²) in [6, 6.07) is 14.0. The number of benzene rings is 2. The van der Waals surface area contributed by atoms with Crippen molar-refractivity contribution < 1.29 is 17.9 Å². The van der Waals surface area contributed by atoms with Crippen molar-refractivity contribution in [2.24, 2.45) is 0 Å². The van der Waals surface area contributed by atoms with Crippen LogP contribution in [-0.2, 0) is 26.9 Å². The van der Waals surface area contributed by atoms with E-state index in [0.717, 1.165) is 16.3 Å². The summed E-state index contributed by atoms with van der Waals surface area (Å²) in [6.07, 6.45) is 1.16. The topological polar surface area (TPSA) is 60.4 Å². The molecule has 0 aromatic heterocycles. The van der Waals surface area contributed by atoms with Gasteiger partial charge in [-0.25, -0.2) is 13.2 Å². The van der Waals surface area contributed by atoms with Crippen LogP contribution in [0.15, 0.2) is 53.0 Å². The zero-order valence-electron chi connectivity index (χ0n) is 12.0. The molecule has 116 valence electrons. The molecule has 2 rings (SSSR count). The molecule has 0 heterocycles.